The lowest BCUT2D eigenvalue weighted by atomic mass is 10.2. The summed E-state index contributed by atoms with van der Waals surface area (Å²) in [5.41, 5.74) is 7.86. The summed E-state index contributed by atoms with van der Waals surface area (Å²) in [4.78, 5) is 31.7. The van der Waals surface area contributed by atoms with E-state index in [2.05, 4.69) is 26.0 Å². The fraction of sp³-hybridized carbons (Fsp3) is 0.136. The number of aromatic nitrogens is 4. The van der Waals surface area contributed by atoms with Crippen molar-refractivity contribution in [3.05, 3.63) is 82.6 Å². The number of para-hydroxylation sites is 1. The predicted octanol–water partition coefficient (Wildman–Crippen LogP) is 3.01. The average molecular weight is 433 g/mol. The van der Waals surface area contributed by atoms with Crippen LogP contribution >= 0.6 is 11.3 Å². The Hall–Kier alpha value is -3.85. The van der Waals surface area contributed by atoms with E-state index in [-0.39, 0.29) is 18.0 Å². The first-order valence-electron chi connectivity index (χ1n) is 9.61. The number of nitrogens with one attached hydrogen (secondary N) is 2. The van der Waals surface area contributed by atoms with Gasteiger partial charge in [0, 0.05) is 10.4 Å². The van der Waals surface area contributed by atoms with Crippen LogP contribution in [0.4, 0.5) is 0 Å². The van der Waals surface area contributed by atoms with Crippen LogP contribution in [0.5, 0.6) is 0 Å². The molecular weight excluding hydrogens is 412 g/mol. The molecule has 4 rings (SSSR count). The summed E-state index contributed by atoms with van der Waals surface area (Å²) in [5.74, 6) is -0.900. The Morgan fingerprint density at radius 2 is 1.61 bits per heavy atom. The fourth-order valence-electron chi connectivity index (χ4n) is 2.94. The lowest BCUT2D eigenvalue weighted by molar-refractivity contribution is -0.121. The third kappa shape index (κ3) is 4.67. The average Bonchev–Trinajstić information content (AvgIpc) is 3.36. The third-order valence-corrected chi connectivity index (χ3v) is 5.60. The van der Waals surface area contributed by atoms with Crippen LogP contribution in [0.15, 0.2) is 60.7 Å². The smallest absolute Gasteiger partial charge is 0.273 e. The minimum absolute atomic E-state index is 0.0606. The predicted molar refractivity (Wildman–Crippen MR) is 118 cm³/mol. The molecule has 4 aromatic rings. The van der Waals surface area contributed by atoms with Crippen molar-refractivity contribution >= 4 is 23.2 Å². The molecule has 0 saturated heterocycles. The van der Waals surface area contributed by atoms with E-state index < -0.39 is 5.91 Å². The van der Waals surface area contributed by atoms with Crippen LogP contribution < -0.4 is 10.9 Å². The fourth-order valence-corrected chi connectivity index (χ4v) is 3.88. The van der Waals surface area contributed by atoms with Crippen LogP contribution in [0.25, 0.3) is 16.3 Å². The van der Waals surface area contributed by atoms with Gasteiger partial charge in [-0.2, -0.15) is 9.90 Å². The molecule has 9 heteroatoms. The first kappa shape index (κ1) is 20.4. The molecule has 0 radical (unpaired) electrons. The summed E-state index contributed by atoms with van der Waals surface area (Å²) in [6.45, 7) is 3.61. The van der Waals surface area contributed by atoms with Crippen LogP contribution in [0, 0.1) is 13.8 Å². The maximum atomic E-state index is 12.5. The molecule has 0 aliphatic heterocycles. The van der Waals surface area contributed by atoms with Crippen LogP contribution in [0.3, 0.4) is 0 Å². The number of aryl methyl sites for hydroxylation is 2. The molecule has 8 nitrogen and oxygen atoms in total. The van der Waals surface area contributed by atoms with Gasteiger partial charge >= 0.3 is 0 Å². The first-order chi connectivity index (χ1) is 15.0. The molecule has 0 unspecified atom stereocenters. The minimum Gasteiger partial charge on any atom is -0.273 e. The van der Waals surface area contributed by atoms with E-state index in [1.54, 1.807) is 6.92 Å². The summed E-state index contributed by atoms with van der Waals surface area (Å²) in [5, 5.41) is 9.35. The number of hydrazine groups is 1. The third-order valence-electron chi connectivity index (χ3n) is 4.54. The topological polar surface area (TPSA) is 102 Å². The molecule has 2 aromatic heterocycles. The van der Waals surface area contributed by atoms with Gasteiger partial charge in [0.2, 0.25) is 5.91 Å². The number of rotatable bonds is 5. The number of hydrogen-bond acceptors (Lipinski definition) is 6. The second kappa shape index (κ2) is 8.88. The van der Waals surface area contributed by atoms with Crippen molar-refractivity contribution < 1.29 is 9.59 Å². The van der Waals surface area contributed by atoms with E-state index in [4.69, 9.17) is 0 Å². The quantitative estimate of drug-likeness (QED) is 0.472. The highest BCUT2D eigenvalue weighted by Crippen LogP contribution is 2.27. The largest absolute Gasteiger partial charge is 0.292 e. The lowest BCUT2D eigenvalue weighted by Gasteiger charge is -2.05. The second-order valence-corrected chi connectivity index (χ2v) is 8.03. The van der Waals surface area contributed by atoms with Crippen molar-refractivity contribution in [3.8, 4) is 16.3 Å². The van der Waals surface area contributed by atoms with Crippen molar-refractivity contribution in [2.45, 2.75) is 20.3 Å². The minimum atomic E-state index is -0.534. The highest BCUT2D eigenvalue weighted by molar-refractivity contribution is 7.15. The van der Waals surface area contributed by atoms with Crippen LogP contribution in [0.1, 0.15) is 26.8 Å². The maximum absolute atomic E-state index is 12.5. The number of benzene rings is 2. The first-order valence-corrected chi connectivity index (χ1v) is 10.4. The van der Waals surface area contributed by atoms with Crippen LogP contribution in [-0.4, -0.2) is 31.8 Å². The SMILES string of the molecule is Cc1nn(-c2ccccc2)nc1C(=O)NNC(=O)Cc1nc(-c2ccccc2)sc1C. The second-order valence-electron chi connectivity index (χ2n) is 6.83. The molecule has 2 heterocycles. The van der Waals surface area contributed by atoms with Gasteiger partial charge in [0.05, 0.1) is 23.5 Å². The Labute approximate surface area is 182 Å². The summed E-state index contributed by atoms with van der Waals surface area (Å²) in [7, 11) is 0. The van der Waals surface area contributed by atoms with Crippen molar-refractivity contribution in [1.82, 2.24) is 30.8 Å². The van der Waals surface area contributed by atoms with Gasteiger partial charge < -0.3 is 0 Å². The normalized spacial score (nSPS) is 10.6. The van der Waals surface area contributed by atoms with Gasteiger partial charge in [-0.05, 0) is 26.0 Å². The Balaban J connectivity index is 1.38. The molecule has 2 N–H and O–H groups in total. The molecule has 0 bridgehead atoms. The highest BCUT2D eigenvalue weighted by atomic mass is 32.1. The number of carbonyl (C=O) groups excluding carboxylic acids is 2. The zero-order valence-electron chi connectivity index (χ0n) is 17.0. The van der Waals surface area contributed by atoms with E-state index >= 15 is 0 Å². The summed E-state index contributed by atoms with van der Waals surface area (Å²) >= 11 is 1.53. The molecule has 0 spiro atoms. The Morgan fingerprint density at radius 1 is 0.935 bits per heavy atom. The molecule has 0 saturated carbocycles. The zero-order valence-corrected chi connectivity index (χ0v) is 17.8. The van der Waals surface area contributed by atoms with Crippen molar-refractivity contribution in [2.75, 3.05) is 0 Å². The number of amides is 2. The zero-order chi connectivity index (χ0) is 21.8. The summed E-state index contributed by atoms with van der Waals surface area (Å²) < 4.78 is 0. The van der Waals surface area contributed by atoms with Gasteiger partial charge in [-0.25, -0.2) is 4.98 Å². The van der Waals surface area contributed by atoms with Gasteiger partial charge in [-0.1, -0.05) is 48.5 Å². The van der Waals surface area contributed by atoms with E-state index in [1.807, 2.05) is 67.6 Å². The standard InChI is InChI=1S/C22H20N6O2S/c1-14-20(27-28(26-14)17-11-7-4-8-12-17)21(30)25-24-19(29)13-18-15(2)31-22(23-18)16-9-5-3-6-10-16/h3-12H,13H2,1-2H3,(H,24,29)(H,25,30). The highest BCUT2D eigenvalue weighted by Gasteiger charge is 2.18. The molecule has 0 aliphatic carbocycles. The number of carbonyl (C=O) groups is 2. The van der Waals surface area contributed by atoms with Gasteiger partial charge in [-0.15, -0.1) is 16.4 Å². The molecule has 2 aromatic carbocycles. The van der Waals surface area contributed by atoms with E-state index in [0.29, 0.717) is 11.4 Å². The summed E-state index contributed by atoms with van der Waals surface area (Å²) in [6.07, 6.45) is 0.0606. The Kier molecular flexibility index (Phi) is 5.85. The molecular formula is C22H20N6O2S. The number of hydrogen-bond donors (Lipinski definition) is 2. The van der Waals surface area contributed by atoms with Crippen LogP contribution in [-0.2, 0) is 11.2 Å². The Morgan fingerprint density at radius 3 is 2.32 bits per heavy atom. The molecule has 31 heavy (non-hydrogen) atoms. The van der Waals surface area contributed by atoms with Gasteiger partial charge in [0.15, 0.2) is 5.69 Å². The van der Waals surface area contributed by atoms with Crippen molar-refractivity contribution in [1.29, 1.82) is 0 Å². The molecule has 0 atom stereocenters. The lowest BCUT2D eigenvalue weighted by Crippen LogP contribution is -2.42. The van der Waals surface area contributed by atoms with E-state index in [0.717, 1.165) is 21.1 Å². The Bertz CT molecular complexity index is 1220. The number of thiazole rings is 1. The molecule has 2 amide bonds. The van der Waals surface area contributed by atoms with Crippen LogP contribution in [0.2, 0.25) is 0 Å². The van der Waals surface area contributed by atoms with Gasteiger partial charge in [0.25, 0.3) is 5.91 Å². The number of nitrogens with zero attached hydrogens (tertiary/aromatic N) is 4. The maximum Gasteiger partial charge on any atom is 0.292 e. The molecule has 0 fully saturated rings. The summed E-state index contributed by atoms with van der Waals surface area (Å²) in [6, 6.07) is 19.1. The van der Waals surface area contributed by atoms with Gasteiger partial charge in [0.1, 0.15) is 5.01 Å². The van der Waals surface area contributed by atoms with Crippen molar-refractivity contribution in [3.63, 3.8) is 0 Å². The van der Waals surface area contributed by atoms with Crippen molar-refractivity contribution in [2.24, 2.45) is 0 Å². The molecule has 156 valence electrons. The molecule has 0 aliphatic rings. The van der Waals surface area contributed by atoms with Gasteiger partial charge in [-0.3, -0.25) is 20.4 Å². The monoisotopic (exact) mass is 432 g/mol. The van der Waals surface area contributed by atoms with E-state index in [9.17, 15) is 9.59 Å². The van der Waals surface area contributed by atoms with E-state index in [1.165, 1.54) is 16.1 Å².